The average Bonchev–Trinajstić information content (AvgIpc) is 3.78. The third kappa shape index (κ3) is 3.83. The van der Waals surface area contributed by atoms with Gasteiger partial charge in [0.1, 0.15) is 11.2 Å². The van der Waals surface area contributed by atoms with Gasteiger partial charge in [-0.25, -0.2) is 0 Å². The van der Waals surface area contributed by atoms with Gasteiger partial charge in [-0.3, -0.25) is 0 Å². The predicted octanol–water partition coefficient (Wildman–Crippen LogP) is 12.1. The second-order valence-corrected chi connectivity index (χ2v) is 19.1. The van der Waals surface area contributed by atoms with Gasteiger partial charge in [0.25, 0.3) is 0 Å². The zero-order valence-corrected chi connectivity index (χ0v) is 32.2. The van der Waals surface area contributed by atoms with E-state index in [1.54, 1.807) is 0 Å². The largest absolute Gasteiger partial charge is 0.466 e. The Morgan fingerprint density at radius 2 is 1.42 bits per heavy atom. The van der Waals surface area contributed by atoms with E-state index in [1.807, 2.05) is 11.3 Å². The van der Waals surface area contributed by atoms with E-state index in [2.05, 4.69) is 156 Å². The summed E-state index contributed by atoms with van der Waals surface area (Å²) in [6.45, 7) is 19.0. The van der Waals surface area contributed by atoms with Crippen molar-refractivity contribution in [3.8, 4) is 11.1 Å². The van der Waals surface area contributed by atoms with Crippen molar-refractivity contribution >= 4 is 88.5 Å². The summed E-state index contributed by atoms with van der Waals surface area (Å²) in [5.41, 5.74) is 16.8. The Kier molecular flexibility index (Phi) is 5.82. The predicted molar refractivity (Wildman–Crippen MR) is 224 cm³/mol. The minimum absolute atomic E-state index is 0.0494. The molecule has 0 saturated carbocycles. The van der Waals surface area contributed by atoms with Gasteiger partial charge < -0.3 is 13.8 Å². The van der Waals surface area contributed by atoms with Gasteiger partial charge in [-0.05, 0) is 99.6 Å². The van der Waals surface area contributed by atoms with Crippen LogP contribution in [0.5, 0.6) is 0 Å². The van der Waals surface area contributed by atoms with Crippen LogP contribution in [0.3, 0.4) is 0 Å². The van der Waals surface area contributed by atoms with Crippen LogP contribution < -0.4 is 16.0 Å². The molecule has 0 amide bonds. The van der Waals surface area contributed by atoms with E-state index in [4.69, 9.17) is 4.42 Å². The minimum Gasteiger partial charge on any atom is -0.466 e. The van der Waals surface area contributed by atoms with Gasteiger partial charge in [-0.1, -0.05) is 109 Å². The summed E-state index contributed by atoms with van der Waals surface area (Å²) >= 11 is 1.92. The first kappa shape index (κ1) is 30.9. The van der Waals surface area contributed by atoms with Crippen LogP contribution in [0.4, 0.5) is 17.1 Å². The van der Waals surface area contributed by atoms with Crippen LogP contribution in [-0.4, -0.2) is 11.3 Å². The van der Waals surface area contributed by atoms with E-state index in [1.165, 1.54) is 100.0 Å². The van der Waals surface area contributed by atoms with Gasteiger partial charge in [-0.2, -0.15) is 0 Å². The van der Waals surface area contributed by atoms with Crippen molar-refractivity contribution in [2.45, 2.75) is 84.5 Å². The molecular weight excluding hydrogens is 651 g/mol. The Labute approximate surface area is 310 Å². The SMILES string of the molecule is Cc1cc2c(cc1N1c3cc(C(C)(C)C)cc4c3B(c3oc5ccccc5c31)n1c3sc5ccccc5c3c3cccc-4c31)C(C)(C)CCC2(C)C. The molecule has 1 aliphatic carbocycles. The quantitative estimate of drug-likeness (QED) is 0.160. The first-order valence-electron chi connectivity index (χ1n) is 18.9. The smallest absolute Gasteiger partial charge is 0.376 e. The number of nitrogens with zero attached hydrogens (tertiary/aromatic N) is 2. The first-order valence-corrected chi connectivity index (χ1v) is 19.8. The molecule has 0 fully saturated rings. The molecule has 0 atom stereocenters. The van der Waals surface area contributed by atoms with E-state index in [0.717, 1.165) is 16.6 Å². The van der Waals surface area contributed by atoms with Crippen molar-refractivity contribution in [3.63, 3.8) is 0 Å². The molecule has 0 radical (unpaired) electrons. The van der Waals surface area contributed by atoms with Crippen LogP contribution in [0, 0.1) is 6.92 Å². The summed E-state index contributed by atoms with van der Waals surface area (Å²) in [5, 5.41) is 5.19. The fraction of sp³-hybridized carbons (Fsp3) is 0.277. The van der Waals surface area contributed by atoms with Crippen LogP contribution >= 0.6 is 11.3 Å². The highest BCUT2D eigenvalue weighted by Crippen LogP contribution is 2.53. The maximum atomic E-state index is 7.20. The molecule has 5 heteroatoms. The first-order chi connectivity index (χ1) is 24.8. The number of aryl methyl sites for hydroxylation is 1. The fourth-order valence-electron chi connectivity index (χ4n) is 9.97. The van der Waals surface area contributed by atoms with Crippen LogP contribution in [-0.2, 0) is 16.2 Å². The number of benzene rings is 5. The molecule has 0 spiro atoms. The molecular formula is C47H43BN2OS. The van der Waals surface area contributed by atoms with Gasteiger partial charge in [0.05, 0.1) is 10.5 Å². The molecule has 0 saturated heterocycles. The van der Waals surface area contributed by atoms with E-state index >= 15 is 0 Å². The van der Waals surface area contributed by atoms with Crippen molar-refractivity contribution in [2.24, 2.45) is 0 Å². The van der Waals surface area contributed by atoms with Gasteiger partial charge in [0.2, 0.25) is 0 Å². The molecule has 5 heterocycles. The molecule has 0 unspecified atom stereocenters. The number of anilines is 3. The Morgan fingerprint density at radius 3 is 2.19 bits per heavy atom. The number of hydrogen-bond acceptors (Lipinski definition) is 3. The number of thiophene rings is 1. The topological polar surface area (TPSA) is 21.3 Å². The van der Waals surface area contributed by atoms with Gasteiger partial charge in [0.15, 0.2) is 0 Å². The normalized spacial score (nSPS) is 16.9. The van der Waals surface area contributed by atoms with Crippen molar-refractivity contribution < 1.29 is 4.42 Å². The standard InChI is InChI=1S/C47H43BN2OS/c1-26-22-33-34(47(7,8)21-20-46(33,5)6)25-35(26)49-36-24-27(45(2,3)4)23-32-28-16-13-17-31-39-30-15-10-12-19-38(30)52-44(39)50(41(28)31)48(40(32)36)43-42(49)29-14-9-11-18-37(29)51-43/h9-19,22-25H,20-21H2,1-8H3. The molecule has 3 aliphatic rings. The monoisotopic (exact) mass is 694 g/mol. The third-order valence-electron chi connectivity index (χ3n) is 12.9. The molecule has 2 aliphatic heterocycles. The average molecular weight is 695 g/mol. The van der Waals surface area contributed by atoms with Crippen LogP contribution in [0.1, 0.15) is 83.6 Å². The zero-order valence-electron chi connectivity index (χ0n) is 31.4. The molecule has 256 valence electrons. The summed E-state index contributed by atoms with van der Waals surface area (Å²) < 4.78 is 11.2. The van der Waals surface area contributed by atoms with Crippen LogP contribution in [0.25, 0.3) is 53.3 Å². The third-order valence-corrected chi connectivity index (χ3v) is 14.1. The number of rotatable bonds is 1. The lowest BCUT2D eigenvalue weighted by atomic mass is 9.47. The highest BCUT2D eigenvalue weighted by Gasteiger charge is 2.48. The minimum atomic E-state index is -0.103. The Hall–Kier alpha value is -4.74. The second kappa shape index (κ2) is 9.82. The molecule has 0 bridgehead atoms. The van der Waals surface area contributed by atoms with Gasteiger partial charge in [0, 0.05) is 48.7 Å². The van der Waals surface area contributed by atoms with Crippen LogP contribution in [0.2, 0.25) is 0 Å². The molecule has 52 heavy (non-hydrogen) atoms. The number of furan rings is 1. The van der Waals surface area contributed by atoms with Gasteiger partial charge >= 0.3 is 6.85 Å². The lowest BCUT2D eigenvalue weighted by molar-refractivity contribution is 0.332. The Balaban J connectivity index is 1.32. The summed E-state index contributed by atoms with van der Waals surface area (Å²) in [6, 6.07) is 34.7. The van der Waals surface area contributed by atoms with Crippen molar-refractivity contribution in [1.82, 2.24) is 4.48 Å². The highest BCUT2D eigenvalue weighted by molar-refractivity contribution is 7.26. The van der Waals surface area contributed by atoms with E-state index in [0.29, 0.717) is 0 Å². The molecule has 11 rings (SSSR count). The van der Waals surface area contributed by atoms with Crippen molar-refractivity contribution in [1.29, 1.82) is 0 Å². The number of fused-ring (bicyclic) bond motifs is 12. The second-order valence-electron chi connectivity index (χ2n) is 18.1. The molecule has 3 aromatic heterocycles. The molecule has 5 aromatic carbocycles. The summed E-state index contributed by atoms with van der Waals surface area (Å²) in [6.07, 6.45) is 2.38. The number of para-hydroxylation sites is 2. The molecule has 0 N–H and O–H groups in total. The maximum Gasteiger partial charge on any atom is 0.376 e. The van der Waals surface area contributed by atoms with Crippen molar-refractivity contribution in [3.05, 3.63) is 113 Å². The summed E-state index contributed by atoms with van der Waals surface area (Å²) in [4.78, 5) is 3.93. The molecule has 8 aromatic rings. The van der Waals surface area contributed by atoms with Crippen molar-refractivity contribution in [2.75, 3.05) is 4.90 Å². The Bertz CT molecular complexity index is 2870. The fourth-order valence-corrected chi connectivity index (χ4v) is 11.2. The molecule has 3 nitrogen and oxygen atoms in total. The summed E-state index contributed by atoms with van der Waals surface area (Å²) in [5.74, 6) is 0. The lowest BCUT2D eigenvalue weighted by Crippen LogP contribution is -2.56. The van der Waals surface area contributed by atoms with E-state index < -0.39 is 0 Å². The lowest BCUT2D eigenvalue weighted by Gasteiger charge is -2.44. The summed E-state index contributed by atoms with van der Waals surface area (Å²) in [7, 11) is 0. The van der Waals surface area contributed by atoms with Crippen LogP contribution in [0.15, 0.2) is 95.4 Å². The zero-order chi connectivity index (χ0) is 35.6. The highest BCUT2D eigenvalue weighted by atomic mass is 32.1. The number of hydrogen-bond donors (Lipinski definition) is 0. The Morgan fingerprint density at radius 1 is 0.731 bits per heavy atom. The van der Waals surface area contributed by atoms with E-state index in [9.17, 15) is 0 Å². The maximum absolute atomic E-state index is 7.20. The van der Waals surface area contributed by atoms with E-state index in [-0.39, 0.29) is 23.1 Å². The van der Waals surface area contributed by atoms with Gasteiger partial charge in [-0.15, -0.1) is 11.3 Å². The number of aromatic nitrogens is 1.